The summed E-state index contributed by atoms with van der Waals surface area (Å²) < 4.78 is 26.2. The molecule has 0 saturated carbocycles. The van der Waals surface area contributed by atoms with Gasteiger partial charge in [-0.2, -0.15) is 4.72 Å². The number of terminal acetylenes is 1. The van der Waals surface area contributed by atoms with Gasteiger partial charge in [-0.15, -0.1) is 6.42 Å². The van der Waals surface area contributed by atoms with E-state index >= 15 is 0 Å². The van der Waals surface area contributed by atoms with Gasteiger partial charge in [0, 0.05) is 19.2 Å². The minimum Gasteiger partial charge on any atom is -0.341 e. The van der Waals surface area contributed by atoms with Crippen molar-refractivity contribution in [2.45, 2.75) is 18.7 Å². The first-order valence-electron chi connectivity index (χ1n) is 6.56. The SMILES string of the molecule is C#CCNS(=O)(=O)c1cccc(C(=O)N(C)CC(C)C)c1. The van der Waals surface area contributed by atoms with Crippen LogP contribution in [0, 0.1) is 18.3 Å². The van der Waals surface area contributed by atoms with Crippen molar-refractivity contribution in [1.82, 2.24) is 9.62 Å². The number of nitrogens with one attached hydrogen (secondary N) is 1. The van der Waals surface area contributed by atoms with Crippen molar-refractivity contribution in [3.8, 4) is 12.3 Å². The summed E-state index contributed by atoms with van der Waals surface area (Å²) in [6.45, 7) is 4.53. The van der Waals surface area contributed by atoms with Crippen molar-refractivity contribution in [3.05, 3.63) is 29.8 Å². The number of hydrogen-bond donors (Lipinski definition) is 1. The highest BCUT2D eigenvalue weighted by atomic mass is 32.2. The molecule has 1 aromatic rings. The molecule has 0 unspecified atom stereocenters. The van der Waals surface area contributed by atoms with E-state index in [0.717, 1.165) is 0 Å². The van der Waals surface area contributed by atoms with Gasteiger partial charge in [0.15, 0.2) is 0 Å². The van der Waals surface area contributed by atoms with Gasteiger partial charge in [0.1, 0.15) is 0 Å². The Balaban J connectivity index is 3.01. The molecule has 0 aliphatic heterocycles. The van der Waals surface area contributed by atoms with Crippen LogP contribution in [-0.4, -0.2) is 39.4 Å². The van der Waals surface area contributed by atoms with Gasteiger partial charge < -0.3 is 4.90 Å². The summed E-state index contributed by atoms with van der Waals surface area (Å²) in [6, 6.07) is 5.93. The smallest absolute Gasteiger partial charge is 0.253 e. The Kier molecular flexibility index (Phi) is 5.94. The van der Waals surface area contributed by atoms with E-state index in [1.54, 1.807) is 24.1 Å². The normalized spacial score (nSPS) is 11.2. The average molecular weight is 308 g/mol. The monoisotopic (exact) mass is 308 g/mol. The molecule has 0 aliphatic carbocycles. The first-order valence-corrected chi connectivity index (χ1v) is 8.05. The predicted molar refractivity (Wildman–Crippen MR) is 82.3 cm³/mol. The van der Waals surface area contributed by atoms with Crippen LogP contribution in [0.1, 0.15) is 24.2 Å². The molecule has 0 spiro atoms. The number of carbonyl (C=O) groups excluding carboxylic acids is 1. The second kappa shape index (κ2) is 7.25. The zero-order valence-corrected chi connectivity index (χ0v) is 13.3. The lowest BCUT2D eigenvalue weighted by Gasteiger charge is -2.19. The van der Waals surface area contributed by atoms with Crippen LogP contribution >= 0.6 is 0 Å². The average Bonchev–Trinajstić information content (AvgIpc) is 2.43. The van der Waals surface area contributed by atoms with Crippen molar-refractivity contribution < 1.29 is 13.2 Å². The zero-order chi connectivity index (χ0) is 16.0. The Bertz CT molecular complexity index is 645. The molecule has 0 bridgehead atoms. The Labute approximate surface area is 126 Å². The molecule has 0 aromatic heterocycles. The van der Waals surface area contributed by atoms with Gasteiger partial charge in [-0.1, -0.05) is 25.8 Å². The van der Waals surface area contributed by atoms with Gasteiger partial charge in [-0.25, -0.2) is 8.42 Å². The van der Waals surface area contributed by atoms with Crippen LogP contribution < -0.4 is 4.72 Å². The van der Waals surface area contributed by atoms with E-state index in [9.17, 15) is 13.2 Å². The highest BCUT2D eigenvalue weighted by Gasteiger charge is 2.17. The molecule has 114 valence electrons. The van der Waals surface area contributed by atoms with E-state index in [-0.39, 0.29) is 17.3 Å². The lowest BCUT2D eigenvalue weighted by atomic mass is 10.1. The number of hydrogen-bond acceptors (Lipinski definition) is 3. The van der Waals surface area contributed by atoms with Crippen LogP contribution in [0.5, 0.6) is 0 Å². The summed E-state index contributed by atoms with van der Waals surface area (Å²) in [5.74, 6) is 2.33. The highest BCUT2D eigenvalue weighted by molar-refractivity contribution is 7.89. The van der Waals surface area contributed by atoms with Crippen molar-refractivity contribution in [2.75, 3.05) is 20.1 Å². The second-order valence-corrected chi connectivity index (χ2v) is 6.90. The molecule has 1 aromatic carbocycles. The van der Waals surface area contributed by atoms with Gasteiger partial charge in [0.2, 0.25) is 10.0 Å². The summed E-state index contributed by atoms with van der Waals surface area (Å²) in [4.78, 5) is 13.9. The largest absolute Gasteiger partial charge is 0.341 e. The summed E-state index contributed by atoms with van der Waals surface area (Å²) in [5, 5.41) is 0. The third-order valence-corrected chi connectivity index (χ3v) is 4.14. The molecule has 5 nitrogen and oxygen atoms in total. The molecule has 6 heteroatoms. The number of rotatable bonds is 6. The summed E-state index contributed by atoms with van der Waals surface area (Å²) in [7, 11) is -2.00. The first-order chi connectivity index (χ1) is 9.77. The fourth-order valence-corrected chi connectivity index (χ4v) is 2.85. The van der Waals surface area contributed by atoms with Crippen molar-refractivity contribution in [2.24, 2.45) is 5.92 Å². The number of amides is 1. The maximum absolute atomic E-state index is 12.3. The molecule has 1 N–H and O–H groups in total. The first kappa shape index (κ1) is 17.2. The predicted octanol–water partition coefficient (Wildman–Crippen LogP) is 1.33. The molecular weight excluding hydrogens is 288 g/mol. The molecule has 0 aliphatic rings. The summed E-state index contributed by atoms with van der Waals surface area (Å²) in [6.07, 6.45) is 5.04. The van der Waals surface area contributed by atoms with Gasteiger partial charge >= 0.3 is 0 Å². The van der Waals surface area contributed by atoms with E-state index in [4.69, 9.17) is 6.42 Å². The molecule has 21 heavy (non-hydrogen) atoms. The van der Waals surface area contributed by atoms with Crippen LogP contribution in [0.2, 0.25) is 0 Å². The van der Waals surface area contributed by atoms with E-state index in [1.165, 1.54) is 12.1 Å². The molecule has 0 fully saturated rings. The second-order valence-electron chi connectivity index (χ2n) is 5.14. The highest BCUT2D eigenvalue weighted by Crippen LogP contribution is 2.13. The quantitative estimate of drug-likeness (QED) is 0.806. The number of sulfonamides is 1. The molecule has 0 atom stereocenters. The van der Waals surface area contributed by atoms with E-state index in [0.29, 0.717) is 18.0 Å². The van der Waals surface area contributed by atoms with Crippen molar-refractivity contribution >= 4 is 15.9 Å². The number of benzene rings is 1. The maximum Gasteiger partial charge on any atom is 0.253 e. The third kappa shape index (κ3) is 4.88. The molecule has 1 amide bonds. The van der Waals surface area contributed by atoms with E-state index < -0.39 is 10.0 Å². The van der Waals surface area contributed by atoms with Crippen molar-refractivity contribution in [1.29, 1.82) is 0 Å². The Morgan fingerprint density at radius 3 is 2.67 bits per heavy atom. The van der Waals surface area contributed by atoms with Crippen LogP contribution in [0.3, 0.4) is 0 Å². The Hall–Kier alpha value is -1.84. The molecule has 0 heterocycles. The van der Waals surface area contributed by atoms with Crippen molar-refractivity contribution in [3.63, 3.8) is 0 Å². The fourth-order valence-electron chi connectivity index (χ4n) is 1.87. The Morgan fingerprint density at radius 1 is 1.43 bits per heavy atom. The van der Waals surface area contributed by atoms with Gasteiger partial charge in [0.25, 0.3) is 5.91 Å². The van der Waals surface area contributed by atoms with Gasteiger partial charge in [0.05, 0.1) is 11.4 Å². The fraction of sp³-hybridized carbons (Fsp3) is 0.400. The molecule has 0 radical (unpaired) electrons. The standard InChI is InChI=1S/C15H20N2O3S/c1-5-9-16-21(19,20)14-8-6-7-13(10-14)15(18)17(4)11-12(2)3/h1,6-8,10,12,16H,9,11H2,2-4H3. The third-order valence-electron chi connectivity index (χ3n) is 2.74. The van der Waals surface area contributed by atoms with E-state index in [1.807, 2.05) is 13.8 Å². The number of carbonyl (C=O) groups is 1. The topological polar surface area (TPSA) is 66.5 Å². The van der Waals surface area contributed by atoms with Gasteiger partial charge in [-0.05, 0) is 24.1 Å². The summed E-state index contributed by atoms with van der Waals surface area (Å²) in [5.41, 5.74) is 0.335. The molecule has 0 saturated heterocycles. The van der Waals surface area contributed by atoms with Crippen LogP contribution in [-0.2, 0) is 10.0 Å². The lowest BCUT2D eigenvalue weighted by Crippen LogP contribution is -2.30. The zero-order valence-electron chi connectivity index (χ0n) is 12.5. The summed E-state index contributed by atoms with van der Waals surface area (Å²) >= 11 is 0. The minimum atomic E-state index is -3.69. The van der Waals surface area contributed by atoms with E-state index in [2.05, 4.69) is 10.6 Å². The van der Waals surface area contributed by atoms with Gasteiger partial charge in [-0.3, -0.25) is 4.79 Å². The van der Waals surface area contributed by atoms with Crippen LogP contribution in [0.15, 0.2) is 29.2 Å². The molecular formula is C15H20N2O3S. The van der Waals surface area contributed by atoms with Crippen LogP contribution in [0.25, 0.3) is 0 Å². The maximum atomic E-state index is 12.3. The Morgan fingerprint density at radius 2 is 2.10 bits per heavy atom. The number of nitrogens with zero attached hydrogens (tertiary/aromatic N) is 1. The molecule has 1 rings (SSSR count). The van der Waals surface area contributed by atoms with Crippen LogP contribution in [0.4, 0.5) is 0 Å². The minimum absolute atomic E-state index is 0.0292. The lowest BCUT2D eigenvalue weighted by molar-refractivity contribution is 0.0779.